The van der Waals surface area contributed by atoms with Crippen LogP contribution in [0.1, 0.15) is 11.3 Å². The van der Waals surface area contributed by atoms with Gasteiger partial charge >= 0.3 is 0 Å². The summed E-state index contributed by atoms with van der Waals surface area (Å²) in [6.45, 7) is 0.416. The first-order chi connectivity index (χ1) is 9.65. The lowest BCUT2D eigenvalue weighted by Crippen LogP contribution is -2.20. The molecule has 2 aromatic rings. The molecule has 0 saturated heterocycles. The van der Waals surface area contributed by atoms with E-state index in [1.807, 2.05) is 19.0 Å². The van der Waals surface area contributed by atoms with E-state index >= 15 is 0 Å². The Hall–Kier alpha value is -2.70. The third-order valence-electron chi connectivity index (χ3n) is 2.50. The molecule has 0 unspecified atom stereocenters. The molecule has 2 aromatic heterocycles. The maximum absolute atomic E-state index is 11.6. The van der Waals surface area contributed by atoms with Gasteiger partial charge in [-0.2, -0.15) is 5.10 Å². The van der Waals surface area contributed by atoms with Gasteiger partial charge in [0.25, 0.3) is 0 Å². The Labute approximate surface area is 116 Å². The number of H-pyrrole nitrogens is 1. The van der Waals surface area contributed by atoms with E-state index in [0.717, 1.165) is 11.3 Å². The van der Waals surface area contributed by atoms with E-state index in [4.69, 9.17) is 0 Å². The highest BCUT2D eigenvalue weighted by Crippen LogP contribution is 2.04. The second-order valence-corrected chi connectivity index (χ2v) is 4.34. The summed E-state index contributed by atoms with van der Waals surface area (Å²) in [5.41, 5.74) is 1.62. The largest absolute Gasteiger partial charge is 0.347 e. The molecule has 0 aliphatic heterocycles. The van der Waals surface area contributed by atoms with E-state index in [-0.39, 0.29) is 5.91 Å². The third-order valence-corrected chi connectivity index (χ3v) is 2.50. The van der Waals surface area contributed by atoms with Crippen molar-refractivity contribution in [3.8, 4) is 0 Å². The number of carbonyl (C=O) groups is 1. The minimum absolute atomic E-state index is 0.184. The number of hydrogen-bond donors (Lipinski definition) is 2. The number of nitrogens with one attached hydrogen (secondary N) is 2. The fourth-order valence-corrected chi connectivity index (χ4v) is 1.44. The summed E-state index contributed by atoms with van der Waals surface area (Å²) in [7, 11) is 3.74. The van der Waals surface area contributed by atoms with Crippen LogP contribution in [0.15, 0.2) is 30.7 Å². The fraction of sp³-hybridized carbons (Fsp3) is 0.231. The Morgan fingerprint density at radius 1 is 1.40 bits per heavy atom. The quantitative estimate of drug-likeness (QED) is 0.778. The van der Waals surface area contributed by atoms with Crippen LogP contribution >= 0.6 is 0 Å². The van der Waals surface area contributed by atoms with Crippen molar-refractivity contribution in [3.05, 3.63) is 42.0 Å². The number of nitrogens with zero attached hydrogens (tertiary/aromatic N) is 4. The first-order valence-corrected chi connectivity index (χ1v) is 6.08. The molecule has 104 valence electrons. The van der Waals surface area contributed by atoms with E-state index in [0.29, 0.717) is 12.5 Å². The van der Waals surface area contributed by atoms with Crippen LogP contribution in [0.25, 0.3) is 6.08 Å². The number of aromatic nitrogens is 4. The van der Waals surface area contributed by atoms with Gasteiger partial charge in [0, 0.05) is 44.3 Å². The van der Waals surface area contributed by atoms with Gasteiger partial charge in [-0.25, -0.2) is 9.97 Å². The molecule has 0 radical (unpaired) electrons. The number of anilines is 1. The second kappa shape index (κ2) is 6.46. The van der Waals surface area contributed by atoms with Crippen molar-refractivity contribution >= 4 is 17.9 Å². The number of aromatic amines is 1. The van der Waals surface area contributed by atoms with Crippen LogP contribution in [-0.2, 0) is 11.3 Å². The number of carbonyl (C=O) groups excluding carboxylic acids is 1. The maximum atomic E-state index is 11.6. The molecule has 7 nitrogen and oxygen atoms in total. The first-order valence-electron chi connectivity index (χ1n) is 6.08. The molecule has 0 aliphatic carbocycles. The molecule has 0 spiro atoms. The Morgan fingerprint density at radius 2 is 2.15 bits per heavy atom. The van der Waals surface area contributed by atoms with Gasteiger partial charge in [0.15, 0.2) is 0 Å². The molecule has 0 bridgehead atoms. The van der Waals surface area contributed by atoms with Crippen molar-refractivity contribution in [2.24, 2.45) is 0 Å². The molecule has 2 rings (SSSR count). The van der Waals surface area contributed by atoms with Gasteiger partial charge in [0.1, 0.15) is 0 Å². The summed E-state index contributed by atoms with van der Waals surface area (Å²) in [6, 6.07) is 1.80. The normalized spacial score (nSPS) is 10.7. The van der Waals surface area contributed by atoms with Gasteiger partial charge < -0.3 is 10.2 Å². The van der Waals surface area contributed by atoms with Crippen molar-refractivity contribution < 1.29 is 4.79 Å². The smallest absolute Gasteiger partial charge is 0.244 e. The zero-order valence-electron chi connectivity index (χ0n) is 11.4. The minimum atomic E-state index is -0.184. The summed E-state index contributed by atoms with van der Waals surface area (Å²) in [4.78, 5) is 21.7. The average molecular weight is 272 g/mol. The van der Waals surface area contributed by atoms with Gasteiger partial charge in [-0.15, -0.1) is 0 Å². The zero-order valence-corrected chi connectivity index (χ0v) is 11.4. The van der Waals surface area contributed by atoms with Crippen LogP contribution in [0.3, 0.4) is 0 Å². The van der Waals surface area contributed by atoms with E-state index in [2.05, 4.69) is 25.5 Å². The molecule has 1 amide bonds. The SMILES string of the molecule is CN(C)c1ncc(/C=C/C(=O)NCc2ccn[nH]2)cn1. The standard InChI is InChI=1S/C13H16N6O/c1-19(2)13-15-7-10(8-16-13)3-4-12(20)14-9-11-5-6-17-18-11/h3-8H,9H2,1-2H3,(H,14,20)(H,17,18)/b4-3+. The van der Waals surface area contributed by atoms with Crippen LogP contribution in [0.4, 0.5) is 5.95 Å². The molecule has 20 heavy (non-hydrogen) atoms. The molecule has 0 aromatic carbocycles. The van der Waals surface area contributed by atoms with Gasteiger partial charge in [-0.05, 0) is 12.1 Å². The topological polar surface area (TPSA) is 86.8 Å². The van der Waals surface area contributed by atoms with E-state index in [1.165, 1.54) is 6.08 Å². The zero-order chi connectivity index (χ0) is 14.4. The van der Waals surface area contributed by atoms with Gasteiger partial charge in [0.05, 0.1) is 12.2 Å². The van der Waals surface area contributed by atoms with Gasteiger partial charge in [-0.1, -0.05) is 0 Å². The van der Waals surface area contributed by atoms with Crippen LogP contribution in [0.2, 0.25) is 0 Å². The lowest BCUT2D eigenvalue weighted by Gasteiger charge is -2.08. The van der Waals surface area contributed by atoms with Crippen molar-refractivity contribution in [3.63, 3.8) is 0 Å². The molecular weight excluding hydrogens is 256 g/mol. The van der Waals surface area contributed by atoms with Crippen molar-refractivity contribution in [2.45, 2.75) is 6.54 Å². The van der Waals surface area contributed by atoms with Gasteiger partial charge in [-0.3, -0.25) is 9.89 Å². The van der Waals surface area contributed by atoms with E-state index in [9.17, 15) is 4.79 Å². The molecule has 0 fully saturated rings. The Bertz CT molecular complexity index is 573. The molecule has 7 heteroatoms. The predicted octanol–water partition coefficient (Wildman–Crippen LogP) is 0.595. The lowest BCUT2D eigenvalue weighted by molar-refractivity contribution is -0.116. The van der Waals surface area contributed by atoms with Crippen LogP contribution in [0.5, 0.6) is 0 Å². The highest BCUT2D eigenvalue weighted by Gasteiger charge is 1.99. The Kier molecular flexibility index (Phi) is 4.43. The Morgan fingerprint density at radius 3 is 2.75 bits per heavy atom. The highest BCUT2D eigenvalue weighted by molar-refractivity contribution is 5.91. The number of rotatable bonds is 5. The minimum Gasteiger partial charge on any atom is -0.347 e. The summed E-state index contributed by atoms with van der Waals surface area (Å²) in [5, 5.41) is 9.31. The van der Waals surface area contributed by atoms with Crippen LogP contribution in [-0.4, -0.2) is 40.2 Å². The molecule has 2 heterocycles. The highest BCUT2D eigenvalue weighted by atomic mass is 16.1. The molecule has 0 aliphatic rings. The fourth-order valence-electron chi connectivity index (χ4n) is 1.44. The molecule has 0 saturated carbocycles. The summed E-state index contributed by atoms with van der Waals surface area (Å²) < 4.78 is 0. The average Bonchev–Trinajstić information content (AvgIpc) is 2.96. The number of hydrogen-bond acceptors (Lipinski definition) is 5. The van der Waals surface area contributed by atoms with E-state index in [1.54, 1.807) is 30.7 Å². The lowest BCUT2D eigenvalue weighted by atomic mass is 10.3. The van der Waals surface area contributed by atoms with Crippen molar-refractivity contribution in [1.82, 2.24) is 25.5 Å². The van der Waals surface area contributed by atoms with Crippen molar-refractivity contribution in [1.29, 1.82) is 0 Å². The first kappa shape index (κ1) is 13.7. The van der Waals surface area contributed by atoms with E-state index < -0.39 is 0 Å². The van der Waals surface area contributed by atoms with Crippen LogP contribution < -0.4 is 10.2 Å². The molecular formula is C13H16N6O. The van der Waals surface area contributed by atoms with Crippen LogP contribution in [0, 0.1) is 0 Å². The maximum Gasteiger partial charge on any atom is 0.244 e. The number of amides is 1. The van der Waals surface area contributed by atoms with Crippen molar-refractivity contribution in [2.75, 3.05) is 19.0 Å². The summed E-state index contributed by atoms with van der Waals surface area (Å²) in [6.07, 6.45) is 8.09. The monoisotopic (exact) mass is 272 g/mol. The molecule has 0 atom stereocenters. The molecule has 2 N–H and O–H groups in total. The summed E-state index contributed by atoms with van der Waals surface area (Å²) in [5.74, 6) is 0.446. The third kappa shape index (κ3) is 3.91. The summed E-state index contributed by atoms with van der Waals surface area (Å²) >= 11 is 0. The van der Waals surface area contributed by atoms with Gasteiger partial charge in [0.2, 0.25) is 11.9 Å². The Balaban J connectivity index is 1.86. The predicted molar refractivity (Wildman–Crippen MR) is 75.8 cm³/mol. The second-order valence-electron chi connectivity index (χ2n) is 4.34.